The number of aliphatic imine (C=N–C) groups is 1. The molecule has 4 heteroatoms. The Morgan fingerprint density at radius 3 is 2.41 bits per heavy atom. The topological polar surface area (TPSA) is 49.7 Å². The number of hydrogen-bond donors (Lipinski definition) is 1. The van der Waals surface area contributed by atoms with Gasteiger partial charge in [-0.15, -0.1) is 0 Å². The summed E-state index contributed by atoms with van der Waals surface area (Å²) >= 11 is 4.45. The average molecular weight is 255 g/mol. The van der Waals surface area contributed by atoms with Gasteiger partial charge in [0.25, 0.3) is 0 Å². The molecule has 0 unspecified atom stereocenters. The number of rotatable bonds is 11. The molecule has 0 bridgehead atoms. The van der Waals surface area contributed by atoms with Gasteiger partial charge in [-0.2, -0.15) is 0 Å². The SMILES string of the molecule is O=C(O)CCCCCCCCC=CCN=C=S. The van der Waals surface area contributed by atoms with E-state index in [-0.39, 0.29) is 0 Å². The molecule has 3 nitrogen and oxygen atoms in total. The smallest absolute Gasteiger partial charge is 0.303 e. The van der Waals surface area contributed by atoms with Gasteiger partial charge >= 0.3 is 5.97 Å². The van der Waals surface area contributed by atoms with E-state index in [0.717, 1.165) is 25.7 Å². The molecule has 0 amide bonds. The molecule has 0 rings (SSSR count). The third kappa shape index (κ3) is 15.0. The van der Waals surface area contributed by atoms with Crippen molar-refractivity contribution in [1.29, 1.82) is 0 Å². The fourth-order valence-electron chi connectivity index (χ4n) is 1.53. The highest BCUT2D eigenvalue weighted by Gasteiger charge is 1.95. The van der Waals surface area contributed by atoms with Crippen LogP contribution in [-0.2, 0) is 4.79 Å². The highest BCUT2D eigenvalue weighted by molar-refractivity contribution is 7.78. The van der Waals surface area contributed by atoms with Crippen LogP contribution in [0.3, 0.4) is 0 Å². The molecule has 0 atom stereocenters. The second-order valence-corrected chi connectivity index (χ2v) is 4.14. The summed E-state index contributed by atoms with van der Waals surface area (Å²) in [6.07, 6.45) is 12.1. The summed E-state index contributed by atoms with van der Waals surface area (Å²) in [4.78, 5) is 14.0. The molecule has 17 heavy (non-hydrogen) atoms. The zero-order chi connectivity index (χ0) is 12.8. The lowest BCUT2D eigenvalue weighted by Gasteiger charge is -1.99. The molecule has 0 saturated carbocycles. The summed E-state index contributed by atoms with van der Waals surface area (Å²) < 4.78 is 0. The molecule has 0 fully saturated rings. The van der Waals surface area contributed by atoms with E-state index in [4.69, 9.17) is 5.11 Å². The highest BCUT2D eigenvalue weighted by Crippen LogP contribution is 2.08. The van der Waals surface area contributed by atoms with E-state index < -0.39 is 5.97 Å². The number of unbranched alkanes of at least 4 members (excludes halogenated alkanes) is 6. The number of carboxylic acids is 1. The largest absolute Gasteiger partial charge is 0.481 e. The van der Waals surface area contributed by atoms with Crippen LogP contribution in [0.25, 0.3) is 0 Å². The molecule has 0 spiro atoms. The first kappa shape index (κ1) is 16.0. The van der Waals surface area contributed by atoms with Gasteiger partial charge in [0.15, 0.2) is 0 Å². The summed E-state index contributed by atoms with van der Waals surface area (Å²) in [5.74, 6) is -0.686. The number of isothiocyanates is 1. The van der Waals surface area contributed by atoms with Crippen LogP contribution >= 0.6 is 12.2 Å². The third-order valence-electron chi connectivity index (χ3n) is 2.44. The first-order valence-electron chi connectivity index (χ1n) is 6.18. The van der Waals surface area contributed by atoms with Gasteiger partial charge in [-0.25, -0.2) is 4.99 Å². The molecule has 96 valence electrons. The van der Waals surface area contributed by atoms with Gasteiger partial charge in [0, 0.05) is 6.42 Å². The maximum absolute atomic E-state index is 10.3. The monoisotopic (exact) mass is 255 g/mol. The Morgan fingerprint density at radius 1 is 1.12 bits per heavy atom. The maximum atomic E-state index is 10.3. The first-order valence-corrected chi connectivity index (χ1v) is 6.58. The molecule has 0 aromatic carbocycles. The number of carbonyl (C=O) groups is 1. The van der Waals surface area contributed by atoms with Gasteiger partial charge in [-0.3, -0.25) is 4.79 Å². The van der Waals surface area contributed by atoms with Gasteiger partial charge in [0.2, 0.25) is 0 Å². The van der Waals surface area contributed by atoms with Crippen LogP contribution in [0.15, 0.2) is 17.1 Å². The molecule has 0 aromatic heterocycles. The van der Waals surface area contributed by atoms with E-state index in [1.807, 2.05) is 6.08 Å². The van der Waals surface area contributed by atoms with Crippen molar-refractivity contribution in [2.24, 2.45) is 4.99 Å². The van der Waals surface area contributed by atoms with Crippen molar-refractivity contribution in [3.05, 3.63) is 12.2 Å². The zero-order valence-electron chi connectivity index (χ0n) is 10.2. The van der Waals surface area contributed by atoms with Crippen LogP contribution in [0, 0.1) is 0 Å². The van der Waals surface area contributed by atoms with Crippen molar-refractivity contribution in [3.63, 3.8) is 0 Å². The van der Waals surface area contributed by atoms with Gasteiger partial charge in [-0.05, 0) is 31.5 Å². The van der Waals surface area contributed by atoms with Crippen LogP contribution < -0.4 is 0 Å². The summed E-state index contributed by atoms with van der Waals surface area (Å²) in [5.41, 5.74) is 0. The lowest BCUT2D eigenvalue weighted by atomic mass is 10.1. The van der Waals surface area contributed by atoms with E-state index in [9.17, 15) is 4.79 Å². The number of nitrogens with zero attached hydrogens (tertiary/aromatic N) is 1. The Hall–Kier alpha value is -0.990. The van der Waals surface area contributed by atoms with Crippen molar-refractivity contribution in [2.75, 3.05) is 6.54 Å². The van der Waals surface area contributed by atoms with Crippen molar-refractivity contribution >= 4 is 23.3 Å². The van der Waals surface area contributed by atoms with E-state index >= 15 is 0 Å². The molecule has 0 radical (unpaired) electrons. The Morgan fingerprint density at radius 2 is 1.76 bits per heavy atom. The Kier molecular flexibility index (Phi) is 12.3. The summed E-state index contributed by atoms with van der Waals surface area (Å²) in [7, 11) is 0. The van der Waals surface area contributed by atoms with Crippen molar-refractivity contribution in [1.82, 2.24) is 0 Å². The van der Waals surface area contributed by atoms with E-state index in [0.29, 0.717) is 13.0 Å². The number of allylic oxidation sites excluding steroid dienone is 1. The van der Waals surface area contributed by atoms with Crippen LogP contribution in [0.5, 0.6) is 0 Å². The summed E-state index contributed by atoms with van der Waals surface area (Å²) in [6.45, 7) is 0.638. The van der Waals surface area contributed by atoms with Crippen LogP contribution in [-0.4, -0.2) is 22.8 Å². The molecule has 0 aliphatic heterocycles. The Labute approximate surface area is 109 Å². The zero-order valence-corrected chi connectivity index (χ0v) is 11.0. The van der Waals surface area contributed by atoms with Crippen LogP contribution in [0.2, 0.25) is 0 Å². The second-order valence-electron chi connectivity index (χ2n) is 3.96. The number of thiocarbonyl (C=S) groups is 1. The molecule has 0 heterocycles. The van der Waals surface area contributed by atoms with Gasteiger partial charge in [0.1, 0.15) is 0 Å². The van der Waals surface area contributed by atoms with Crippen molar-refractivity contribution in [2.45, 2.75) is 51.4 Å². The average Bonchev–Trinajstić information content (AvgIpc) is 2.30. The number of aliphatic carboxylic acids is 1. The summed E-state index contributed by atoms with van der Waals surface area (Å²) in [5, 5.41) is 10.8. The van der Waals surface area contributed by atoms with E-state index in [2.05, 4.69) is 28.4 Å². The first-order chi connectivity index (χ1) is 8.27. The normalized spacial score (nSPS) is 10.4. The molecular weight excluding hydrogens is 234 g/mol. The fraction of sp³-hybridized carbons (Fsp3) is 0.692. The summed E-state index contributed by atoms with van der Waals surface area (Å²) in [6, 6.07) is 0. The fourth-order valence-corrected chi connectivity index (χ4v) is 1.60. The minimum atomic E-state index is -0.686. The number of hydrogen-bond acceptors (Lipinski definition) is 3. The lowest BCUT2D eigenvalue weighted by molar-refractivity contribution is -0.137. The van der Waals surface area contributed by atoms with Gasteiger partial charge < -0.3 is 5.11 Å². The minimum Gasteiger partial charge on any atom is -0.481 e. The molecule has 1 N–H and O–H groups in total. The molecular formula is C13H21NO2S. The second kappa shape index (κ2) is 13.1. The van der Waals surface area contributed by atoms with Gasteiger partial charge in [-0.1, -0.05) is 37.8 Å². The quantitative estimate of drug-likeness (QED) is 0.264. The van der Waals surface area contributed by atoms with E-state index in [1.54, 1.807) is 0 Å². The lowest BCUT2D eigenvalue weighted by Crippen LogP contribution is -1.93. The molecule has 0 aliphatic rings. The predicted molar refractivity (Wildman–Crippen MR) is 73.6 cm³/mol. The maximum Gasteiger partial charge on any atom is 0.303 e. The van der Waals surface area contributed by atoms with Crippen LogP contribution in [0.1, 0.15) is 51.4 Å². The van der Waals surface area contributed by atoms with Gasteiger partial charge in [0.05, 0.1) is 11.7 Å². The standard InChI is InChI=1S/C13H21NO2S/c15-13(16)10-8-6-4-2-1-3-5-7-9-11-14-12-17/h7,9H,1-6,8,10-11H2,(H,15,16). The van der Waals surface area contributed by atoms with E-state index in [1.165, 1.54) is 19.3 Å². The predicted octanol–water partition coefficient (Wildman–Crippen LogP) is 3.85. The van der Waals surface area contributed by atoms with Crippen LogP contribution in [0.4, 0.5) is 0 Å². The van der Waals surface area contributed by atoms with Crippen molar-refractivity contribution in [3.8, 4) is 0 Å². The molecule has 0 aliphatic carbocycles. The number of carboxylic acid groups (broad SMARTS) is 1. The molecule has 0 saturated heterocycles. The van der Waals surface area contributed by atoms with Crippen molar-refractivity contribution < 1.29 is 9.90 Å². The Balaban J connectivity index is 3.10. The minimum absolute atomic E-state index is 0.309. The highest BCUT2D eigenvalue weighted by atomic mass is 32.1. The third-order valence-corrected chi connectivity index (χ3v) is 2.57. The molecule has 0 aromatic rings. The Bertz CT molecular complexity index is 271.